The van der Waals surface area contributed by atoms with Gasteiger partial charge >= 0.3 is 0 Å². The molecular formula is C18H23NOS. The smallest absolute Gasteiger partial charge is 0.119 e. The van der Waals surface area contributed by atoms with Gasteiger partial charge in [-0.25, -0.2) is 0 Å². The number of benzene rings is 2. The van der Waals surface area contributed by atoms with Gasteiger partial charge in [0.2, 0.25) is 0 Å². The molecule has 3 heteroatoms. The number of hydrogen-bond acceptors (Lipinski definition) is 3. The highest BCUT2D eigenvalue weighted by Crippen LogP contribution is 2.28. The molecule has 0 aromatic heterocycles. The molecule has 2 aromatic rings. The normalized spacial score (nSPS) is 12.1. The van der Waals surface area contributed by atoms with E-state index in [1.165, 1.54) is 16.0 Å². The van der Waals surface area contributed by atoms with Crippen LogP contribution in [-0.4, -0.2) is 19.4 Å². The fraction of sp³-hybridized carbons (Fsp3) is 0.333. The Kier molecular flexibility index (Phi) is 6.15. The van der Waals surface area contributed by atoms with Crippen molar-refractivity contribution < 1.29 is 4.74 Å². The molecule has 0 aliphatic carbocycles. The van der Waals surface area contributed by atoms with Gasteiger partial charge < -0.3 is 10.1 Å². The summed E-state index contributed by atoms with van der Waals surface area (Å²) in [5, 5.41) is 3.59. The number of thioether (sulfide) groups is 1. The molecule has 0 radical (unpaired) electrons. The van der Waals surface area contributed by atoms with Crippen molar-refractivity contribution >= 4 is 11.8 Å². The monoisotopic (exact) mass is 301 g/mol. The molecule has 1 unspecified atom stereocenters. The minimum Gasteiger partial charge on any atom is -0.497 e. The van der Waals surface area contributed by atoms with Crippen molar-refractivity contribution in [3.8, 4) is 5.75 Å². The lowest BCUT2D eigenvalue weighted by Crippen LogP contribution is -2.23. The Morgan fingerprint density at radius 2 is 1.90 bits per heavy atom. The zero-order valence-corrected chi connectivity index (χ0v) is 13.7. The molecule has 0 saturated heterocycles. The summed E-state index contributed by atoms with van der Waals surface area (Å²) in [7, 11) is 1.71. The predicted octanol–water partition coefficient (Wildman–Crippen LogP) is 4.45. The molecule has 0 bridgehead atoms. The van der Waals surface area contributed by atoms with E-state index in [0.29, 0.717) is 6.04 Å². The van der Waals surface area contributed by atoms with Crippen LogP contribution in [0, 0.1) is 6.92 Å². The Bertz CT molecular complexity index is 556. The molecule has 112 valence electrons. The van der Waals surface area contributed by atoms with E-state index in [0.717, 1.165) is 18.0 Å². The van der Waals surface area contributed by atoms with E-state index in [4.69, 9.17) is 4.74 Å². The molecule has 0 amide bonds. The maximum Gasteiger partial charge on any atom is 0.119 e. The van der Waals surface area contributed by atoms with E-state index < -0.39 is 0 Å². The minimum absolute atomic E-state index is 0.353. The Morgan fingerprint density at radius 3 is 2.52 bits per heavy atom. The van der Waals surface area contributed by atoms with Crippen LogP contribution in [0.4, 0.5) is 0 Å². The maximum absolute atomic E-state index is 5.29. The second kappa shape index (κ2) is 8.11. The lowest BCUT2D eigenvalue weighted by molar-refractivity contribution is 0.414. The van der Waals surface area contributed by atoms with Gasteiger partial charge in [0, 0.05) is 16.7 Å². The minimum atomic E-state index is 0.353. The van der Waals surface area contributed by atoms with Gasteiger partial charge in [-0.2, -0.15) is 0 Å². The first-order valence-corrected chi connectivity index (χ1v) is 8.29. The van der Waals surface area contributed by atoms with Crippen LogP contribution in [0.2, 0.25) is 0 Å². The molecule has 0 aliphatic heterocycles. The van der Waals surface area contributed by atoms with E-state index >= 15 is 0 Å². The van der Waals surface area contributed by atoms with Gasteiger partial charge in [0.1, 0.15) is 5.75 Å². The third-order valence-electron chi connectivity index (χ3n) is 3.46. The predicted molar refractivity (Wildman–Crippen MR) is 91.3 cm³/mol. The molecule has 0 aliphatic rings. The molecule has 2 aromatic carbocycles. The number of nitrogens with one attached hydrogen (secondary N) is 1. The third-order valence-corrected chi connectivity index (χ3v) is 4.57. The molecule has 1 N–H and O–H groups in total. The second-order valence-electron chi connectivity index (χ2n) is 4.96. The average molecular weight is 301 g/mol. The fourth-order valence-electron chi connectivity index (χ4n) is 2.37. The summed E-state index contributed by atoms with van der Waals surface area (Å²) in [6, 6.07) is 17.2. The van der Waals surface area contributed by atoms with Crippen molar-refractivity contribution in [2.45, 2.75) is 24.8 Å². The van der Waals surface area contributed by atoms with Crippen molar-refractivity contribution in [3.63, 3.8) is 0 Å². The first kappa shape index (κ1) is 15.9. The van der Waals surface area contributed by atoms with Crippen LogP contribution in [0.3, 0.4) is 0 Å². The summed E-state index contributed by atoms with van der Waals surface area (Å²) in [4.78, 5) is 1.31. The first-order chi connectivity index (χ1) is 10.2. The summed E-state index contributed by atoms with van der Waals surface area (Å²) in [5.41, 5.74) is 2.62. The molecular weight excluding hydrogens is 278 g/mol. The Balaban J connectivity index is 2.11. The first-order valence-electron chi connectivity index (χ1n) is 7.30. The van der Waals surface area contributed by atoms with Gasteiger partial charge in [-0.15, -0.1) is 11.8 Å². The van der Waals surface area contributed by atoms with Gasteiger partial charge in [0.25, 0.3) is 0 Å². The van der Waals surface area contributed by atoms with Gasteiger partial charge in [-0.3, -0.25) is 0 Å². The lowest BCUT2D eigenvalue weighted by Gasteiger charge is -2.20. The Hall–Kier alpha value is -1.45. The number of methoxy groups -OCH3 is 1. The molecule has 1 atom stereocenters. The van der Waals surface area contributed by atoms with Gasteiger partial charge in [-0.05, 0) is 48.9 Å². The highest BCUT2D eigenvalue weighted by Gasteiger charge is 2.13. The largest absolute Gasteiger partial charge is 0.497 e. The van der Waals surface area contributed by atoms with E-state index in [1.54, 1.807) is 7.11 Å². The van der Waals surface area contributed by atoms with E-state index in [1.807, 2.05) is 17.8 Å². The van der Waals surface area contributed by atoms with Crippen LogP contribution < -0.4 is 10.1 Å². The summed E-state index contributed by atoms with van der Waals surface area (Å²) >= 11 is 1.89. The molecule has 2 nitrogen and oxygen atoms in total. The van der Waals surface area contributed by atoms with Crippen molar-refractivity contribution in [2.75, 3.05) is 19.4 Å². The van der Waals surface area contributed by atoms with E-state index in [-0.39, 0.29) is 0 Å². The number of hydrogen-bond donors (Lipinski definition) is 1. The summed E-state index contributed by atoms with van der Waals surface area (Å²) in [6.45, 7) is 5.26. The van der Waals surface area contributed by atoms with Crippen molar-refractivity contribution in [2.24, 2.45) is 0 Å². The highest BCUT2D eigenvalue weighted by molar-refractivity contribution is 7.99. The molecule has 2 rings (SSSR count). The Labute approximate surface area is 131 Å². The van der Waals surface area contributed by atoms with Crippen LogP contribution in [0.15, 0.2) is 53.4 Å². The van der Waals surface area contributed by atoms with Crippen molar-refractivity contribution in [1.82, 2.24) is 5.32 Å². The van der Waals surface area contributed by atoms with E-state index in [2.05, 4.69) is 61.6 Å². The van der Waals surface area contributed by atoms with Crippen LogP contribution in [0.5, 0.6) is 5.75 Å². The standard InChI is InChI=1S/C18H23NOS/c1-4-19-18(13-21-16-8-6-5-7-9-16)17-11-10-15(20-3)12-14(17)2/h5-12,18-19H,4,13H2,1-3H3. The number of rotatable bonds is 7. The fourth-order valence-corrected chi connectivity index (χ4v) is 3.37. The van der Waals surface area contributed by atoms with E-state index in [9.17, 15) is 0 Å². The lowest BCUT2D eigenvalue weighted by atomic mass is 10.0. The summed E-state index contributed by atoms with van der Waals surface area (Å²) in [6.07, 6.45) is 0. The number of aryl methyl sites for hydroxylation is 1. The second-order valence-corrected chi connectivity index (χ2v) is 6.05. The zero-order valence-electron chi connectivity index (χ0n) is 12.9. The highest BCUT2D eigenvalue weighted by atomic mass is 32.2. The molecule has 0 heterocycles. The maximum atomic E-state index is 5.29. The number of ether oxygens (including phenoxy) is 1. The van der Waals surface area contributed by atoms with Crippen LogP contribution >= 0.6 is 11.8 Å². The van der Waals surface area contributed by atoms with Crippen molar-refractivity contribution in [1.29, 1.82) is 0 Å². The zero-order chi connectivity index (χ0) is 15.1. The van der Waals surface area contributed by atoms with Gasteiger partial charge in [0.15, 0.2) is 0 Å². The SMILES string of the molecule is CCNC(CSc1ccccc1)c1ccc(OC)cc1C. The molecule has 0 saturated carbocycles. The van der Waals surface area contributed by atoms with Crippen LogP contribution in [-0.2, 0) is 0 Å². The summed E-state index contributed by atoms with van der Waals surface area (Å²) < 4.78 is 5.29. The quantitative estimate of drug-likeness (QED) is 0.764. The average Bonchev–Trinajstić information content (AvgIpc) is 2.52. The topological polar surface area (TPSA) is 21.3 Å². The van der Waals surface area contributed by atoms with Gasteiger partial charge in [0.05, 0.1) is 7.11 Å². The van der Waals surface area contributed by atoms with Crippen LogP contribution in [0.1, 0.15) is 24.1 Å². The third kappa shape index (κ3) is 4.51. The van der Waals surface area contributed by atoms with Gasteiger partial charge in [-0.1, -0.05) is 31.2 Å². The molecule has 0 spiro atoms. The molecule has 0 fully saturated rings. The Morgan fingerprint density at radius 1 is 1.14 bits per heavy atom. The summed E-state index contributed by atoms with van der Waals surface area (Å²) in [5.74, 6) is 1.94. The molecule has 21 heavy (non-hydrogen) atoms. The van der Waals surface area contributed by atoms with Crippen LogP contribution in [0.25, 0.3) is 0 Å². The van der Waals surface area contributed by atoms with Crippen molar-refractivity contribution in [3.05, 3.63) is 59.7 Å².